The number of hydrogen-bond donors (Lipinski definition) is 1. The van der Waals surface area contributed by atoms with Crippen LogP contribution in [-0.2, 0) is 14.9 Å². The largest absolute Gasteiger partial charge is 0.457 e. The monoisotopic (exact) mass is 368 g/mol. The lowest BCUT2D eigenvalue weighted by Crippen LogP contribution is -2.20. The van der Waals surface area contributed by atoms with Gasteiger partial charge in [0.25, 0.3) is 5.91 Å². The molecule has 1 amide bonds. The first-order valence-corrected chi connectivity index (χ1v) is 8.41. The maximum atomic E-state index is 12.3. The van der Waals surface area contributed by atoms with Gasteiger partial charge >= 0.3 is 5.97 Å². The molecule has 0 aliphatic carbocycles. The maximum Gasteiger partial charge on any atom is 0.375 e. The number of carbonyl (C=O) groups is 2. The van der Waals surface area contributed by atoms with Gasteiger partial charge in [-0.15, -0.1) is 0 Å². The number of amides is 1. The number of nitrogens with zero attached hydrogens (tertiary/aromatic N) is 1. The maximum absolute atomic E-state index is 12.3. The van der Waals surface area contributed by atoms with Gasteiger partial charge < -0.3 is 13.7 Å². The average molecular weight is 368 g/mol. The normalized spacial score (nSPS) is 11.2. The van der Waals surface area contributed by atoms with Crippen molar-refractivity contribution in [2.24, 2.45) is 0 Å². The van der Waals surface area contributed by atoms with E-state index < -0.39 is 18.5 Å². The van der Waals surface area contributed by atoms with Gasteiger partial charge in [-0.25, -0.2) is 4.79 Å². The molecule has 1 aromatic carbocycles. The molecule has 0 aliphatic rings. The molecule has 0 fully saturated rings. The minimum Gasteiger partial charge on any atom is -0.457 e. The van der Waals surface area contributed by atoms with Crippen LogP contribution in [0, 0.1) is 0 Å². The second kappa shape index (κ2) is 7.49. The summed E-state index contributed by atoms with van der Waals surface area (Å²) in [5.74, 6) is -1.01. The number of nitrogens with one attached hydrogen (secondary N) is 1. The molecule has 0 bridgehead atoms. The van der Waals surface area contributed by atoms with Gasteiger partial charge in [-0.2, -0.15) is 0 Å². The number of ether oxygens (including phenoxy) is 1. The van der Waals surface area contributed by atoms with Crippen LogP contribution in [0.25, 0.3) is 11.1 Å². The minimum absolute atomic E-state index is 0.0451. The highest BCUT2D eigenvalue weighted by atomic mass is 16.5. The first kappa shape index (κ1) is 18.4. The van der Waals surface area contributed by atoms with Crippen molar-refractivity contribution < 1.29 is 23.3 Å². The van der Waals surface area contributed by atoms with Crippen LogP contribution in [0.5, 0.6) is 0 Å². The predicted molar refractivity (Wildman–Crippen MR) is 98.3 cm³/mol. The van der Waals surface area contributed by atoms with E-state index in [1.807, 2.05) is 51.1 Å². The van der Waals surface area contributed by atoms with Gasteiger partial charge in [0, 0.05) is 17.0 Å². The van der Waals surface area contributed by atoms with Crippen molar-refractivity contribution in [1.29, 1.82) is 0 Å². The van der Waals surface area contributed by atoms with E-state index in [1.165, 1.54) is 6.26 Å². The van der Waals surface area contributed by atoms with Crippen LogP contribution >= 0.6 is 0 Å². The van der Waals surface area contributed by atoms with Crippen molar-refractivity contribution in [3.05, 3.63) is 60.2 Å². The molecule has 27 heavy (non-hydrogen) atoms. The van der Waals surface area contributed by atoms with Gasteiger partial charge in [0.1, 0.15) is 0 Å². The van der Waals surface area contributed by atoms with Crippen molar-refractivity contribution >= 4 is 17.8 Å². The van der Waals surface area contributed by atoms with Gasteiger partial charge in [0.05, 0.1) is 12.0 Å². The first-order chi connectivity index (χ1) is 12.8. The van der Waals surface area contributed by atoms with E-state index in [1.54, 1.807) is 12.1 Å². The lowest BCUT2D eigenvalue weighted by molar-refractivity contribution is -0.119. The number of rotatable bonds is 5. The summed E-state index contributed by atoms with van der Waals surface area (Å²) in [5, 5.41) is 6.41. The molecule has 7 nitrogen and oxygen atoms in total. The summed E-state index contributed by atoms with van der Waals surface area (Å²) >= 11 is 0. The van der Waals surface area contributed by atoms with Crippen LogP contribution in [-0.4, -0.2) is 23.6 Å². The Bertz CT molecular complexity index is 935. The molecule has 3 aromatic rings. The standard InChI is InChI=1S/C20H20N2O5/c1-20(2,3)15-11-17(27-22-15)21-16(23)12-26-19(24)18-14(9-10-25-18)13-7-5-4-6-8-13/h4-11H,12H2,1-3H3,(H,21,23). The zero-order valence-electron chi connectivity index (χ0n) is 15.3. The molecule has 140 valence electrons. The summed E-state index contributed by atoms with van der Waals surface area (Å²) in [4.78, 5) is 24.3. The number of esters is 1. The molecule has 3 rings (SSSR count). The molecule has 0 saturated carbocycles. The fourth-order valence-corrected chi connectivity index (χ4v) is 2.37. The molecule has 0 aliphatic heterocycles. The van der Waals surface area contributed by atoms with Crippen molar-refractivity contribution in [2.75, 3.05) is 11.9 Å². The zero-order chi connectivity index (χ0) is 19.4. The van der Waals surface area contributed by atoms with Gasteiger partial charge in [-0.3, -0.25) is 10.1 Å². The minimum atomic E-state index is -0.720. The van der Waals surface area contributed by atoms with E-state index in [-0.39, 0.29) is 17.1 Å². The topological polar surface area (TPSA) is 94.6 Å². The third-order valence-corrected chi connectivity index (χ3v) is 3.81. The van der Waals surface area contributed by atoms with E-state index in [0.717, 1.165) is 5.56 Å². The Morgan fingerprint density at radius 1 is 1.15 bits per heavy atom. The summed E-state index contributed by atoms with van der Waals surface area (Å²) < 4.78 is 15.4. The van der Waals surface area contributed by atoms with Crippen LogP contribution in [0.1, 0.15) is 37.0 Å². The molecule has 0 spiro atoms. The lowest BCUT2D eigenvalue weighted by atomic mass is 9.92. The molecular formula is C20H20N2O5. The van der Waals surface area contributed by atoms with Crippen molar-refractivity contribution in [2.45, 2.75) is 26.2 Å². The van der Waals surface area contributed by atoms with Crippen molar-refractivity contribution in [1.82, 2.24) is 5.16 Å². The van der Waals surface area contributed by atoms with Gasteiger partial charge in [-0.1, -0.05) is 56.3 Å². The quantitative estimate of drug-likeness (QED) is 0.683. The fraction of sp³-hybridized carbons (Fsp3) is 0.250. The van der Waals surface area contributed by atoms with Crippen LogP contribution in [0.2, 0.25) is 0 Å². The molecule has 0 radical (unpaired) electrons. The number of furan rings is 1. The van der Waals surface area contributed by atoms with Gasteiger partial charge in [0.15, 0.2) is 6.61 Å². The molecule has 2 aromatic heterocycles. The van der Waals surface area contributed by atoms with Gasteiger partial charge in [0.2, 0.25) is 11.6 Å². The zero-order valence-corrected chi connectivity index (χ0v) is 15.3. The van der Waals surface area contributed by atoms with Crippen molar-refractivity contribution in [3.8, 4) is 11.1 Å². The number of anilines is 1. The third-order valence-electron chi connectivity index (χ3n) is 3.81. The van der Waals surface area contributed by atoms with Crippen molar-refractivity contribution in [3.63, 3.8) is 0 Å². The highest BCUT2D eigenvalue weighted by Gasteiger charge is 2.21. The van der Waals surface area contributed by atoms with E-state index >= 15 is 0 Å². The first-order valence-electron chi connectivity index (χ1n) is 8.41. The fourth-order valence-electron chi connectivity index (χ4n) is 2.37. The molecule has 0 atom stereocenters. The second-order valence-electron chi connectivity index (χ2n) is 6.98. The SMILES string of the molecule is CC(C)(C)c1cc(NC(=O)COC(=O)c2occc2-c2ccccc2)on1. The average Bonchev–Trinajstić information content (AvgIpc) is 3.29. The van der Waals surface area contributed by atoms with Gasteiger partial charge in [-0.05, 0) is 11.6 Å². The number of aromatic nitrogens is 1. The van der Waals surface area contributed by atoms with E-state index in [9.17, 15) is 9.59 Å². The summed E-state index contributed by atoms with van der Waals surface area (Å²) in [6.45, 7) is 5.46. The Kier molecular flexibility index (Phi) is 5.12. The van der Waals surface area contributed by atoms with Crippen LogP contribution in [0.15, 0.2) is 57.7 Å². The number of carbonyl (C=O) groups excluding carboxylic acids is 2. The Morgan fingerprint density at radius 3 is 2.56 bits per heavy atom. The Hall–Kier alpha value is -3.35. The molecule has 1 N–H and O–H groups in total. The highest BCUT2D eigenvalue weighted by molar-refractivity contribution is 5.97. The molecular weight excluding hydrogens is 348 g/mol. The molecule has 2 heterocycles. The molecule has 0 unspecified atom stereocenters. The number of benzene rings is 1. The number of hydrogen-bond acceptors (Lipinski definition) is 6. The predicted octanol–water partition coefficient (Wildman–Crippen LogP) is 4.03. The summed E-state index contributed by atoms with van der Waals surface area (Å²) in [6.07, 6.45) is 1.40. The van der Waals surface area contributed by atoms with E-state index in [2.05, 4.69) is 10.5 Å². The Morgan fingerprint density at radius 2 is 1.89 bits per heavy atom. The molecule has 7 heteroatoms. The van der Waals surface area contributed by atoms with Crippen LogP contribution in [0.3, 0.4) is 0 Å². The van der Waals surface area contributed by atoms with Crippen LogP contribution < -0.4 is 5.32 Å². The lowest BCUT2D eigenvalue weighted by Gasteiger charge is -2.12. The Balaban J connectivity index is 1.59. The Labute approximate surface area is 156 Å². The highest BCUT2D eigenvalue weighted by Crippen LogP contribution is 2.25. The van der Waals surface area contributed by atoms with E-state index in [0.29, 0.717) is 11.3 Å². The van der Waals surface area contributed by atoms with E-state index in [4.69, 9.17) is 13.7 Å². The summed E-state index contributed by atoms with van der Waals surface area (Å²) in [5.41, 5.74) is 1.93. The second-order valence-corrected chi connectivity index (χ2v) is 6.98. The third kappa shape index (κ3) is 4.44. The summed E-state index contributed by atoms with van der Waals surface area (Å²) in [7, 11) is 0. The summed E-state index contributed by atoms with van der Waals surface area (Å²) in [6, 6.07) is 12.6. The molecule has 0 saturated heterocycles. The van der Waals surface area contributed by atoms with Crippen LogP contribution in [0.4, 0.5) is 5.88 Å². The smallest absolute Gasteiger partial charge is 0.375 e.